The molecule has 0 bridgehead atoms. The Balaban J connectivity index is 4.26. The van der Waals surface area contributed by atoms with Crippen molar-refractivity contribution in [2.75, 3.05) is 13.9 Å². The minimum atomic E-state index is -3.47. The second kappa shape index (κ2) is 6.53. The van der Waals surface area contributed by atoms with Gasteiger partial charge in [0.05, 0.1) is 12.2 Å². The van der Waals surface area contributed by atoms with Crippen molar-refractivity contribution in [3.63, 3.8) is 0 Å². The maximum absolute atomic E-state index is 11.8. The van der Waals surface area contributed by atoms with E-state index in [1.807, 2.05) is 0 Å². The zero-order valence-electron chi connectivity index (χ0n) is 9.35. The number of phosphoric acid groups is 1. The van der Waals surface area contributed by atoms with Crippen molar-refractivity contribution in [2.24, 2.45) is 0 Å². The van der Waals surface area contributed by atoms with Crippen molar-refractivity contribution in [1.29, 1.82) is 0 Å². The molecule has 0 atom stereocenters. The van der Waals surface area contributed by atoms with Crippen molar-refractivity contribution in [3.8, 4) is 0 Å². The van der Waals surface area contributed by atoms with Crippen molar-refractivity contribution in [2.45, 2.75) is 39.9 Å². The Kier molecular flexibility index (Phi) is 6.57. The Morgan fingerprint density at radius 3 is 1.79 bits per heavy atom. The zero-order chi connectivity index (χ0) is 11.2. The summed E-state index contributed by atoms with van der Waals surface area (Å²) in [5.74, 6) is 0. The van der Waals surface area contributed by atoms with Gasteiger partial charge in [0.15, 0.2) is 6.79 Å². The summed E-state index contributed by atoms with van der Waals surface area (Å²) in [6.07, 6.45) is -0.451. The summed E-state index contributed by atoms with van der Waals surface area (Å²) in [6.45, 7) is 6.91. The first-order valence-corrected chi connectivity index (χ1v) is 5.96. The third kappa shape index (κ3) is 6.51. The molecule has 86 valence electrons. The van der Waals surface area contributed by atoms with Gasteiger partial charge in [-0.15, -0.1) is 0 Å². The van der Waals surface area contributed by atoms with E-state index in [4.69, 9.17) is 13.6 Å². The Hall–Kier alpha value is 0.0700. The summed E-state index contributed by atoms with van der Waals surface area (Å²) < 4.78 is 31.5. The molecule has 5 nitrogen and oxygen atoms in total. The molecule has 0 fully saturated rings. The topological polar surface area (TPSA) is 54.0 Å². The maximum atomic E-state index is 11.8. The van der Waals surface area contributed by atoms with Crippen molar-refractivity contribution < 1.29 is 22.9 Å². The Labute approximate surface area is 85.3 Å². The number of rotatable bonds is 7. The third-order valence-corrected chi connectivity index (χ3v) is 2.79. The van der Waals surface area contributed by atoms with E-state index in [9.17, 15) is 4.57 Å². The highest BCUT2D eigenvalue weighted by Gasteiger charge is 2.29. The molecule has 14 heavy (non-hydrogen) atoms. The first kappa shape index (κ1) is 14.1. The van der Waals surface area contributed by atoms with Crippen LogP contribution in [0, 0.1) is 0 Å². The van der Waals surface area contributed by atoms with E-state index in [2.05, 4.69) is 4.74 Å². The molecule has 0 amide bonds. The van der Waals surface area contributed by atoms with Crippen LogP contribution < -0.4 is 0 Å². The summed E-state index contributed by atoms with van der Waals surface area (Å²) in [4.78, 5) is 0. The first-order valence-electron chi connectivity index (χ1n) is 4.50. The first-order chi connectivity index (χ1) is 6.39. The molecule has 0 N–H and O–H groups in total. The van der Waals surface area contributed by atoms with E-state index >= 15 is 0 Å². The van der Waals surface area contributed by atoms with Crippen LogP contribution in [-0.2, 0) is 22.9 Å². The minimum Gasteiger partial charge on any atom is -0.358 e. The van der Waals surface area contributed by atoms with Crippen LogP contribution in [0.4, 0.5) is 0 Å². The summed E-state index contributed by atoms with van der Waals surface area (Å²) >= 11 is 0. The van der Waals surface area contributed by atoms with Crippen LogP contribution in [-0.4, -0.2) is 26.1 Å². The van der Waals surface area contributed by atoms with Crippen molar-refractivity contribution >= 4 is 7.82 Å². The molecule has 0 aliphatic heterocycles. The smallest absolute Gasteiger partial charge is 0.358 e. The molecule has 0 aromatic rings. The Bertz CT molecular complexity index is 178. The van der Waals surface area contributed by atoms with Gasteiger partial charge in [-0.05, 0) is 27.7 Å². The van der Waals surface area contributed by atoms with Crippen LogP contribution in [0.25, 0.3) is 0 Å². The van der Waals surface area contributed by atoms with E-state index in [1.165, 1.54) is 7.11 Å². The van der Waals surface area contributed by atoms with Gasteiger partial charge in [0.2, 0.25) is 0 Å². The molecule has 0 saturated carbocycles. The van der Waals surface area contributed by atoms with Gasteiger partial charge < -0.3 is 4.74 Å². The number of hydrogen-bond acceptors (Lipinski definition) is 5. The van der Waals surface area contributed by atoms with Gasteiger partial charge in [0, 0.05) is 7.11 Å². The molecule has 0 rings (SSSR count). The minimum absolute atomic E-state index is 0.114. The summed E-state index contributed by atoms with van der Waals surface area (Å²) in [5.41, 5.74) is 0. The van der Waals surface area contributed by atoms with Crippen molar-refractivity contribution in [1.82, 2.24) is 0 Å². The fraction of sp³-hybridized carbons (Fsp3) is 1.00. The van der Waals surface area contributed by atoms with Crippen LogP contribution in [0.15, 0.2) is 0 Å². The standard InChI is InChI=1S/C8H19O5P/c1-7(2)12-14(9,11-6-10-5)13-8(3)4/h7-8H,6H2,1-5H3. The van der Waals surface area contributed by atoms with E-state index in [-0.39, 0.29) is 19.0 Å². The normalized spacial score (nSPS) is 12.8. The summed E-state index contributed by atoms with van der Waals surface area (Å²) in [6, 6.07) is 0. The van der Waals surface area contributed by atoms with Gasteiger partial charge in [-0.25, -0.2) is 4.57 Å². The second-order valence-corrected chi connectivity index (χ2v) is 4.87. The van der Waals surface area contributed by atoms with Gasteiger partial charge in [0.25, 0.3) is 0 Å². The van der Waals surface area contributed by atoms with E-state index in [0.717, 1.165) is 0 Å². The molecule has 0 saturated heterocycles. The molecular formula is C8H19O5P. The van der Waals surface area contributed by atoms with Gasteiger partial charge in [0.1, 0.15) is 0 Å². The van der Waals surface area contributed by atoms with Crippen molar-refractivity contribution in [3.05, 3.63) is 0 Å². The molecule has 0 unspecified atom stereocenters. The van der Waals surface area contributed by atoms with Crippen LogP contribution >= 0.6 is 7.82 Å². The Morgan fingerprint density at radius 1 is 1.07 bits per heavy atom. The average Bonchev–Trinajstić information content (AvgIpc) is 1.97. The summed E-state index contributed by atoms with van der Waals surface area (Å²) in [7, 11) is -2.03. The number of ether oxygens (including phenoxy) is 1. The lowest BCUT2D eigenvalue weighted by molar-refractivity contribution is -0.00346. The van der Waals surface area contributed by atoms with Crippen LogP contribution in [0.1, 0.15) is 27.7 Å². The summed E-state index contributed by atoms with van der Waals surface area (Å²) in [5, 5.41) is 0. The molecule has 0 aromatic heterocycles. The average molecular weight is 226 g/mol. The molecule has 0 heterocycles. The molecule has 0 spiro atoms. The quantitative estimate of drug-likeness (QED) is 0.493. The molecule has 0 aliphatic rings. The van der Waals surface area contributed by atoms with Crippen LogP contribution in [0.5, 0.6) is 0 Å². The SMILES string of the molecule is COCOP(=O)(OC(C)C)OC(C)C. The van der Waals surface area contributed by atoms with Gasteiger partial charge in [-0.2, -0.15) is 0 Å². The van der Waals surface area contributed by atoms with E-state index in [1.54, 1.807) is 27.7 Å². The maximum Gasteiger partial charge on any atom is 0.477 e. The predicted octanol–water partition coefficient (Wildman–Crippen LogP) is 2.57. The zero-order valence-corrected chi connectivity index (χ0v) is 10.2. The number of methoxy groups -OCH3 is 1. The van der Waals surface area contributed by atoms with Gasteiger partial charge in [-0.3, -0.25) is 13.6 Å². The molecular weight excluding hydrogens is 207 g/mol. The number of hydrogen-bond donors (Lipinski definition) is 0. The highest BCUT2D eigenvalue weighted by molar-refractivity contribution is 7.48. The molecule has 0 aliphatic carbocycles. The lowest BCUT2D eigenvalue weighted by Gasteiger charge is -2.21. The predicted molar refractivity (Wildman–Crippen MR) is 53.0 cm³/mol. The van der Waals surface area contributed by atoms with Gasteiger partial charge in [-0.1, -0.05) is 0 Å². The van der Waals surface area contributed by atoms with Gasteiger partial charge >= 0.3 is 7.82 Å². The Morgan fingerprint density at radius 2 is 1.50 bits per heavy atom. The van der Waals surface area contributed by atoms with Crippen LogP contribution in [0.3, 0.4) is 0 Å². The molecule has 0 aromatic carbocycles. The highest BCUT2D eigenvalue weighted by atomic mass is 31.2. The monoisotopic (exact) mass is 226 g/mol. The lowest BCUT2D eigenvalue weighted by atomic mass is 10.5. The fourth-order valence-electron chi connectivity index (χ4n) is 0.719. The van der Waals surface area contributed by atoms with Crippen LogP contribution in [0.2, 0.25) is 0 Å². The third-order valence-electron chi connectivity index (χ3n) is 1.01. The molecule has 0 radical (unpaired) electrons. The van der Waals surface area contributed by atoms with E-state index < -0.39 is 7.82 Å². The fourth-order valence-corrected chi connectivity index (χ4v) is 2.16. The number of phosphoric ester groups is 1. The largest absolute Gasteiger partial charge is 0.477 e. The molecule has 6 heteroatoms. The lowest BCUT2D eigenvalue weighted by Crippen LogP contribution is -2.10. The highest BCUT2D eigenvalue weighted by Crippen LogP contribution is 2.51. The second-order valence-electron chi connectivity index (χ2n) is 3.29. The van der Waals surface area contributed by atoms with E-state index in [0.29, 0.717) is 0 Å².